The molecule has 4 rings (SSSR count). The van der Waals surface area contributed by atoms with Gasteiger partial charge in [0.25, 0.3) is 0 Å². The Balaban J connectivity index is 1.35. The van der Waals surface area contributed by atoms with E-state index in [1.807, 2.05) is 0 Å². The van der Waals surface area contributed by atoms with Crippen molar-refractivity contribution in [1.82, 2.24) is 9.80 Å². The van der Waals surface area contributed by atoms with Crippen molar-refractivity contribution in [2.75, 3.05) is 25.0 Å². The number of likely N-dealkylation sites (tertiary alicyclic amines) is 1. The zero-order chi connectivity index (χ0) is 19.7. The summed E-state index contributed by atoms with van der Waals surface area (Å²) < 4.78 is 19.9. The van der Waals surface area contributed by atoms with Crippen LogP contribution in [0.4, 0.5) is 14.9 Å². The van der Waals surface area contributed by atoms with Gasteiger partial charge in [0.15, 0.2) is 0 Å². The van der Waals surface area contributed by atoms with E-state index in [0.29, 0.717) is 25.7 Å². The SMILES string of the molecule is CC(=O)N(C1CC1)C1CCOC2(CCN(C(=O)Nc3ccccc3F)CC2)C1. The van der Waals surface area contributed by atoms with Crippen LogP contribution in [0.25, 0.3) is 0 Å². The van der Waals surface area contributed by atoms with Gasteiger partial charge in [-0.2, -0.15) is 0 Å². The van der Waals surface area contributed by atoms with E-state index in [0.717, 1.165) is 38.5 Å². The molecule has 1 atom stereocenters. The van der Waals surface area contributed by atoms with Gasteiger partial charge in [-0.3, -0.25) is 4.79 Å². The molecule has 1 aromatic carbocycles. The number of nitrogens with zero attached hydrogens (tertiary/aromatic N) is 2. The number of nitrogens with one attached hydrogen (secondary N) is 1. The van der Waals surface area contributed by atoms with Crippen LogP contribution in [0.5, 0.6) is 0 Å². The number of amides is 3. The first-order valence-electron chi connectivity index (χ1n) is 10.2. The average Bonchev–Trinajstić information content (AvgIpc) is 3.49. The fourth-order valence-corrected chi connectivity index (χ4v) is 4.63. The molecule has 1 saturated carbocycles. The first kappa shape index (κ1) is 19.2. The number of halogens is 1. The highest BCUT2D eigenvalue weighted by atomic mass is 19.1. The number of carbonyl (C=O) groups excluding carboxylic acids is 2. The van der Waals surface area contributed by atoms with Gasteiger partial charge in [-0.15, -0.1) is 0 Å². The van der Waals surface area contributed by atoms with Crippen LogP contribution in [-0.2, 0) is 9.53 Å². The van der Waals surface area contributed by atoms with E-state index in [9.17, 15) is 14.0 Å². The number of carbonyl (C=O) groups is 2. The molecule has 1 aromatic rings. The highest BCUT2D eigenvalue weighted by Gasteiger charge is 2.45. The summed E-state index contributed by atoms with van der Waals surface area (Å²) in [7, 11) is 0. The Morgan fingerprint density at radius 1 is 1.18 bits per heavy atom. The van der Waals surface area contributed by atoms with Crippen molar-refractivity contribution in [3.8, 4) is 0 Å². The molecule has 7 heteroatoms. The van der Waals surface area contributed by atoms with Crippen LogP contribution < -0.4 is 5.32 Å². The van der Waals surface area contributed by atoms with Crippen molar-refractivity contribution >= 4 is 17.6 Å². The summed E-state index contributed by atoms with van der Waals surface area (Å²) in [5.74, 6) is -0.279. The molecule has 3 fully saturated rings. The highest BCUT2D eigenvalue weighted by Crippen LogP contribution is 2.40. The zero-order valence-corrected chi connectivity index (χ0v) is 16.3. The van der Waals surface area contributed by atoms with Gasteiger partial charge in [0.05, 0.1) is 11.3 Å². The molecular formula is C21H28FN3O3. The van der Waals surface area contributed by atoms with E-state index in [2.05, 4.69) is 10.2 Å². The normalized spacial score (nSPS) is 24.1. The summed E-state index contributed by atoms with van der Waals surface area (Å²) in [5.41, 5.74) is -0.0661. The van der Waals surface area contributed by atoms with Crippen LogP contribution >= 0.6 is 0 Å². The largest absolute Gasteiger partial charge is 0.375 e. The molecule has 152 valence electrons. The minimum atomic E-state index is -0.438. The lowest BCUT2D eigenvalue weighted by molar-refractivity contribution is -0.148. The molecule has 3 amide bonds. The fraction of sp³-hybridized carbons (Fsp3) is 0.619. The number of urea groups is 1. The smallest absolute Gasteiger partial charge is 0.321 e. The van der Waals surface area contributed by atoms with Gasteiger partial charge in [0.2, 0.25) is 5.91 Å². The lowest BCUT2D eigenvalue weighted by atomic mass is 9.81. The number of rotatable bonds is 3. The van der Waals surface area contributed by atoms with E-state index < -0.39 is 5.82 Å². The number of para-hydroxylation sites is 1. The molecule has 1 spiro atoms. The molecule has 0 aromatic heterocycles. The van der Waals surface area contributed by atoms with Gasteiger partial charge in [0, 0.05) is 38.7 Å². The van der Waals surface area contributed by atoms with Crippen molar-refractivity contribution in [3.05, 3.63) is 30.1 Å². The van der Waals surface area contributed by atoms with Crippen molar-refractivity contribution in [2.24, 2.45) is 0 Å². The molecule has 0 radical (unpaired) electrons. The van der Waals surface area contributed by atoms with Crippen LogP contribution in [0, 0.1) is 5.82 Å². The Morgan fingerprint density at radius 3 is 2.54 bits per heavy atom. The van der Waals surface area contributed by atoms with E-state index in [4.69, 9.17) is 4.74 Å². The van der Waals surface area contributed by atoms with Gasteiger partial charge in [0.1, 0.15) is 5.82 Å². The number of piperidine rings is 1. The number of anilines is 1. The molecule has 1 unspecified atom stereocenters. The van der Waals surface area contributed by atoms with E-state index >= 15 is 0 Å². The summed E-state index contributed by atoms with van der Waals surface area (Å²) >= 11 is 0. The van der Waals surface area contributed by atoms with Gasteiger partial charge < -0.3 is 19.9 Å². The Kier molecular flexibility index (Phi) is 5.27. The van der Waals surface area contributed by atoms with Gasteiger partial charge in [-0.25, -0.2) is 9.18 Å². The molecule has 0 bridgehead atoms. The quantitative estimate of drug-likeness (QED) is 0.862. The maximum Gasteiger partial charge on any atom is 0.321 e. The first-order valence-corrected chi connectivity index (χ1v) is 10.2. The zero-order valence-electron chi connectivity index (χ0n) is 16.3. The molecule has 3 aliphatic rings. The molecule has 2 aliphatic heterocycles. The minimum Gasteiger partial charge on any atom is -0.375 e. The van der Waals surface area contributed by atoms with Crippen molar-refractivity contribution < 1.29 is 18.7 Å². The predicted octanol–water partition coefficient (Wildman–Crippen LogP) is 3.38. The second kappa shape index (κ2) is 7.70. The van der Waals surface area contributed by atoms with Gasteiger partial charge >= 0.3 is 6.03 Å². The van der Waals surface area contributed by atoms with Gasteiger partial charge in [-0.1, -0.05) is 12.1 Å². The first-order chi connectivity index (χ1) is 13.5. The monoisotopic (exact) mass is 389 g/mol. The van der Waals surface area contributed by atoms with Crippen LogP contribution in [0.15, 0.2) is 24.3 Å². The molecule has 2 saturated heterocycles. The van der Waals surface area contributed by atoms with Gasteiger partial charge in [-0.05, 0) is 50.7 Å². The molecule has 28 heavy (non-hydrogen) atoms. The average molecular weight is 389 g/mol. The predicted molar refractivity (Wildman–Crippen MR) is 103 cm³/mol. The maximum absolute atomic E-state index is 13.8. The Labute approximate surface area is 165 Å². The molecule has 1 aliphatic carbocycles. The summed E-state index contributed by atoms with van der Waals surface area (Å²) in [6.07, 6.45) is 5.41. The second-order valence-corrected chi connectivity index (χ2v) is 8.23. The Hall–Kier alpha value is -2.15. The summed E-state index contributed by atoms with van der Waals surface area (Å²) in [6.45, 7) is 3.45. The van der Waals surface area contributed by atoms with Crippen molar-refractivity contribution in [1.29, 1.82) is 0 Å². The second-order valence-electron chi connectivity index (χ2n) is 8.23. The summed E-state index contributed by atoms with van der Waals surface area (Å²) in [4.78, 5) is 28.4. The number of hydrogen-bond donors (Lipinski definition) is 1. The molecule has 2 heterocycles. The maximum atomic E-state index is 13.8. The lowest BCUT2D eigenvalue weighted by Gasteiger charge is -2.48. The van der Waals surface area contributed by atoms with Crippen LogP contribution in [0.2, 0.25) is 0 Å². The number of ether oxygens (including phenoxy) is 1. The van der Waals surface area contributed by atoms with Crippen molar-refractivity contribution in [2.45, 2.75) is 63.1 Å². The lowest BCUT2D eigenvalue weighted by Crippen LogP contribution is -2.56. The molecule has 6 nitrogen and oxygen atoms in total. The molecule has 1 N–H and O–H groups in total. The third kappa shape index (κ3) is 3.99. The fourth-order valence-electron chi connectivity index (χ4n) is 4.63. The van der Waals surface area contributed by atoms with Crippen molar-refractivity contribution in [3.63, 3.8) is 0 Å². The van der Waals surface area contributed by atoms with Crippen LogP contribution in [0.3, 0.4) is 0 Å². The minimum absolute atomic E-state index is 0.159. The van der Waals surface area contributed by atoms with E-state index in [1.165, 1.54) is 6.07 Å². The summed E-state index contributed by atoms with van der Waals surface area (Å²) in [6, 6.07) is 6.54. The topological polar surface area (TPSA) is 61.9 Å². The van der Waals surface area contributed by atoms with Crippen LogP contribution in [0.1, 0.15) is 45.4 Å². The number of benzene rings is 1. The van der Waals surface area contributed by atoms with Crippen LogP contribution in [-0.4, -0.2) is 59.1 Å². The third-order valence-electron chi connectivity index (χ3n) is 6.24. The number of hydrogen-bond acceptors (Lipinski definition) is 3. The Morgan fingerprint density at radius 2 is 1.89 bits per heavy atom. The van der Waals surface area contributed by atoms with E-state index in [-0.39, 0.29) is 29.3 Å². The highest BCUT2D eigenvalue weighted by molar-refractivity contribution is 5.89. The molecular weight excluding hydrogens is 361 g/mol. The van der Waals surface area contributed by atoms with E-state index in [1.54, 1.807) is 30.0 Å². The standard InChI is InChI=1S/C21H28FN3O3/c1-15(26)25(16-6-7-16)17-8-13-28-21(14-17)9-11-24(12-10-21)20(27)23-19-5-3-2-4-18(19)22/h2-5,16-17H,6-14H2,1H3,(H,23,27). The summed E-state index contributed by atoms with van der Waals surface area (Å²) in [5, 5.41) is 2.65. The Bertz CT molecular complexity index is 744. The third-order valence-corrected chi connectivity index (χ3v) is 6.24.